The third-order valence-electron chi connectivity index (χ3n) is 3.07. The van der Waals surface area contributed by atoms with Crippen molar-refractivity contribution in [1.82, 2.24) is 9.55 Å². The Morgan fingerprint density at radius 2 is 2.30 bits per heavy atom. The molecule has 4 atom stereocenters. The van der Waals surface area contributed by atoms with Crippen molar-refractivity contribution < 1.29 is 33.5 Å². The highest BCUT2D eigenvalue weighted by atomic mass is 31.2. The summed E-state index contributed by atoms with van der Waals surface area (Å²) < 4.78 is 28.0. The second-order valence-corrected chi connectivity index (χ2v) is 5.59. The van der Waals surface area contributed by atoms with E-state index in [-0.39, 0.29) is 11.5 Å². The zero-order valence-electron chi connectivity index (χ0n) is 9.99. The maximum Gasteiger partial charge on any atom is 0.470 e. The van der Waals surface area contributed by atoms with E-state index in [9.17, 15) is 9.67 Å². The molecule has 3 heterocycles. The van der Waals surface area contributed by atoms with E-state index in [1.807, 2.05) is 0 Å². The van der Waals surface area contributed by atoms with Crippen LogP contribution in [0.4, 0.5) is 0 Å². The molecule has 1 aromatic heterocycles. The molecule has 0 saturated carbocycles. The number of hydrogen-bond acceptors (Lipinski definition) is 7. The molecule has 10 nitrogen and oxygen atoms in total. The minimum atomic E-state index is -4.76. The number of nitrogens with zero attached hydrogens (tertiary/aromatic N) is 2. The van der Waals surface area contributed by atoms with E-state index >= 15 is 0 Å². The third-order valence-corrected chi connectivity index (χ3v) is 3.59. The van der Waals surface area contributed by atoms with Crippen LogP contribution in [0.3, 0.4) is 0 Å². The van der Waals surface area contributed by atoms with Gasteiger partial charge in [-0.3, -0.25) is 14.5 Å². The number of hydrogen-bond donors (Lipinski definition) is 4. The molecule has 1 fully saturated rings. The number of phosphoric acid groups is 1. The van der Waals surface area contributed by atoms with E-state index in [2.05, 4.69) is 9.51 Å². The van der Waals surface area contributed by atoms with Crippen LogP contribution in [0.2, 0.25) is 0 Å². The van der Waals surface area contributed by atoms with E-state index in [0.717, 1.165) is 0 Å². The number of nitrogens with one attached hydrogen (secondary N) is 1. The fourth-order valence-corrected chi connectivity index (χ4v) is 2.88. The Labute approximate surface area is 112 Å². The first-order chi connectivity index (χ1) is 9.39. The largest absolute Gasteiger partial charge is 0.470 e. The van der Waals surface area contributed by atoms with Crippen LogP contribution in [-0.4, -0.2) is 49.4 Å². The molecule has 0 spiro atoms. The number of aliphatic hydroxyl groups excluding tert-OH is 1. The van der Waals surface area contributed by atoms with Crippen molar-refractivity contribution in [2.75, 3.05) is 6.61 Å². The van der Waals surface area contributed by atoms with Gasteiger partial charge in [0.15, 0.2) is 17.8 Å². The molecule has 0 radical (unpaired) electrons. The van der Waals surface area contributed by atoms with Gasteiger partial charge in [-0.15, -0.1) is 0 Å². The summed E-state index contributed by atoms with van der Waals surface area (Å²) in [4.78, 5) is 21.7. The number of rotatable bonds is 3. The molecular weight excluding hydrogens is 293 g/mol. The van der Waals surface area contributed by atoms with Crippen LogP contribution in [0.15, 0.2) is 12.3 Å². The van der Waals surface area contributed by atoms with Crippen molar-refractivity contribution >= 4 is 7.82 Å². The lowest BCUT2D eigenvalue weighted by atomic mass is 10.1. The highest BCUT2D eigenvalue weighted by Gasteiger charge is 2.54. The van der Waals surface area contributed by atoms with Gasteiger partial charge in [0, 0.05) is 6.20 Å². The predicted molar refractivity (Wildman–Crippen MR) is 60.4 cm³/mol. The normalized spacial score (nSPS) is 31.8. The van der Waals surface area contributed by atoms with Crippen molar-refractivity contribution in [3.63, 3.8) is 0 Å². The van der Waals surface area contributed by atoms with E-state index in [1.165, 1.54) is 16.8 Å². The second-order valence-electron chi connectivity index (χ2n) is 4.39. The molecule has 4 N–H and O–H groups in total. The van der Waals surface area contributed by atoms with Gasteiger partial charge in [-0.05, 0) is 6.07 Å². The van der Waals surface area contributed by atoms with Crippen LogP contribution >= 0.6 is 7.82 Å². The smallest absolute Gasteiger partial charge is 0.453 e. The van der Waals surface area contributed by atoms with Crippen LogP contribution < -0.4 is 10.2 Å². The van der Waals surface area contributed by atoms with Gasteiger partial charge < -0.3 is 24.4 Å². The fourth-order valence-electron chi connectivity index (χ4n) is 2.31. The SMILES string of the molecule is N=c1ccn2c(n1)O[C@@H]1[C@@H](OP(=O)(O)O)[C@@H](CO)O[C@@H]12. The Kier molecular flexibility index (Phi) is 3.16. The van der Waals surface area contributed by atoms with Gasteiger partial charge in [0.1, 0.15) is 12.2 Å². The van der Waals surface area contributed by atoms with E-state index in [1.54, 1.807) is 0 Å². The van der Waals surface area contributed by atoms with Crippen LogP contribution in [-0.2, 0) is 13.8 Å². The highest BCUT2D eigenvalue weighted by Crippen LogP contribution is 2.47. The summed E-state index contributed by atoms with van der Waals surface area (Å²) >= 11 is 0. The average molecular weight is 305 g/mol. The summed E-state index contributed by atoms with van der Waals surface area (Å²) in [6.45, 7) is -0.471. The maximum atomic E-state index is 11.0. The van der Waals surface area contributed by atoms with E-state index < -0.39 is 39.0 Å². The Morgan fingerprint density at radius 3 is 2.95 bits per heavy atom. The van der Waals surface area contributed by atoms with Crippen molar-refractivity contribution in [3.8, 4) is 6.01 Å². The van der Waals surface area contributed by atoms with E-state index in [4.69, 9.17) is 24.7 Å². The molecule has 2 aliphatic rings. The Bertz CT molecular complexity index is 628. The predicted octanol–water partition coefficient (Wildman–Crippen LogP) is -1.51. The van der Waals surface area contributed by atoms with Crippen LogP contribution in [0.25, 0.3) is 0 Å². The lowest BCUT2D eigenvalue weighted by Gasteiger charge is -2.20. The summed E-state index contributed by atoms with van der Waals surface area (Å²) in [7, 11) is -4.76. The van der Waals surface area contributed by atoms with Crippen molar-refractivity contribution in [1.29, 1.82) is 5.41 Å². The van der Waals surface area contributed by atoms with Crippen LogP contribution in [0.5, 0.6) is 6.01 Å². The highest BCUT2D eigenvalue weighted by molar-refractivity contribution is 7.46. The molecule has 0 aromatic carbocycles. The topological polar surface area (TPSA) is 147 Å². The molecule has 2 aliphatic heterocycles. The number of ether oxygens (including phenoxy) is 2. The van der Waals surface area contributed by atoms with Crippen LogP contribution in [0.1, 0.15) is 6.23 Å². The molecular formula is C9H12N3O7P. The fraction of sp³-hybridized carbons (Fsp3) is 0.556. The zero-order valence-corrected chi connectivity index (χ0v) is 10.9. The molecule has 1 saturated heterocycles. The number of fused-ring (bicyclic) bond motifs is 3. The number of aromatic nitrogens is 2. The lowest BCUT2D eigenvalue weighted by Crippen LogP contribution is -2.37. The number of phosphoric ester groups is 1. The van der Waals surface area contributed by atoms with Gasteiger partial charge in [0.25, 0.3) is 0 Å². The summed E-state index contributed by atoms with van der Waals surface area (Å²) in [6.07, 6.45) is -2.11. The Morgan fingerprint density at radius 1 is 1.55 bits per heavy atom. The standard InChI is InChI=1S/C9H12N3O7P/c10-5-1-2-12-8-7(18-9(12)11-5)6(4(3-13)17-8)19-20(14,15)16/h1-2,4,6-8,10,13H,3H2,(H2,14,15,16)/t4-,6+,7-,8+/m1/s1. The van der Waals surface area contributed by atoms with Gasteiger partial charge in [-0.1, -0.05) is 0 Å². The van der Waals surface area contributed by atoms with Gasteiger partial charge >= 0.3 is 13.8 Å². The monoisotopic (exact) mass is 305 g/mol. The van der Waals surface area contributed by atoms with Crippen molar-refractivity contribution in [2.45, 2.75) is 24.5 Å². The zero-order chi connectivity index (χ0) is 14.5. The maximum absolute atomic E-state index is 11.0. The molecule has 1 aromatic rings. The van der Waals surface area contributed by atoms with Crippen molar-refractivity contribution in [3.05, 3.63) is 17.8 Å². The molecule has 110 valence electrons. The molecule has 0 amide bonds. The Hall–Kier alpha value is -1.29. The minimum absolute atomic E-state index is 0.0117. The van der Waals surface area contributed by atoms with Gasteiger partial charge in [0.2, 0.25) is 0 Å². The second kappa shape index (κ2) is 4.62. The number of aliphatic hydroxyl groups is 1. The first-order valence-electron chi connectivity index (χ1n) is 5.70. The molecule has 0 bridgehead atoms. The molecule has 0 unspecified atom stereocenters. The van der Waals surface area contributed by atoms with Crippen molar-refractivity contribution in [2.24, 2.45) is 0 Å². The molecule has 11 heteroatoms. The minimum Gasteiger partial charge on any atom is -0.453 e. The Balaban J connectivity index is 1.92. The quantitative estimate of drug-likeness (QED) is 0.493. The first-order valence-corrected chi connectivity index (χ1v) is 7.23. The third kappa shape index (κ3) is 2.26. The lowest BCUT2D eigenvalue weighted by molar-refractivity contribution is -0.0427. The van der Waals surface area contributed by atoms with Crippen LogP contribution in [0, 0.1) is 5.41 Å². The van der Waals surface area contributed by atoms with Gasteiger partial charge in [-0.25, -0.2) is 4.57 Å². The van der Waals surface area contributed by atoms with Gasteiger partial charge in [0.05, 0.1) is 6.61 Å². The first kappa shape index (κ1) is 13.7. The summed E-state index contributed by atoms with van der Waals surface area (Å²) in [5.74, 6) is 0. The molecule has 0 aliphatic carbocycles. The summed E-state index contributed by atoms with van der Waals surface area (Å²) in [6, 6.07) is 1.52. The molecule has 20 heavy (non-hydrogen) atoms. The summed E-state index contributed by atoms with van der Waals surface area (Å²) in [5, 5.41) is 16.6. The summed E-state index contributed by atoms with van der Waals surface area (Å²) in [5.41, 5.74) is -0.0117. The van der Waals surface area contributed by atoms with E-state index in [0.29, 0.717) is 0 Å². The van der Waals surface area contributed by atoms with Gasteiger partial charge in [-0.2, -0.15) is 4.98 Å². The molecule has 3 rings (SSSR count). The average Bonchev–Trinajstić information content (AvgIpc) is 2.84.